The number of nitrogens with zero attached hydrogens (tertiary/aromatic N) is 1. The zero-order valence-electron chi connectivity index (χ0n) is 45.6. The lowest BCUT2D eigenvalue weighted by atomic mass is 10.0. The van der Waals surface area contributed by atoms with E-state index in [0.717, 1.165) is 0 Å². The first kappa shape index (κ1) is 64.3. The van der Waals surface area contributed by atoms with Crippen molar-refractivity contribution >= 4 is 57.4 Å². The molecule has 6 N–H and O–H groups in total. The van der Waals surface area contributed by atoms with E-state index in [1.807, 2.05) is 41.5 Å². The van der Waals surface area contributed by atoms with Gasteiger partial charge in [-0.25, -0.2) is 14.8 Å². The summed E-state index contributed by atoms with van der Waals surface area (Å²) in [5.41, 5.74) is -0.128. The first-order valence-electron chi connectivity index (χ1n) is 25.5. The number of esters is 1. The maximum absolute atomic E-state index is 13.6. The molecule has 416 valence electrons. The van der Waals surface area contributed by atoms with Gasteiger partial charge in [-0.15, -0.1) is 0 Å². The van der Waals surface area contributed by atoms with E-state index in [0.29, 0.717) is 48.7 Å². The Morgan fingerprint density at radius 3 is 2.16 bits per heavy atom. The van der Waals surface area contributed by atoms with E-state index < -0.39 is 75.4 Å². The molecule has 0 bridgehead atoms. The summed E-state index contributed by atoms with van der Waals surface area (Å²) in [6.07, 6.45) is 2.84. The number of aliphatic hydroxyl groups is 1. The number of ether oxygens (including phenoxy) is 5. The van der Waals surface area contributed by atoms with E-state index in [1.165, 1.54) is 4.90 Å². The van der Waals surface area contributed by atoms with Crippen molar-refractivity contribution in [2.75, 3.05) is 45.9 Å². The average Bonchev–Trinajstić information content (AvgIpc) is 3.62. The van der Waals surface area contributed by atoms with Gasteiger partial charge in [-0.1, -0.05) is 54.0 Å². The number of benzene rings is 1. The third-order valence-electron chi connectivity index (χ3n) is 12.9. The Morgan fingerprint density at radius 1 is 0.863 bits per heavy atom. The van der Waals surface area contributed by atoms with Gasteiger partial charge in [0, 0.05) is 71.8 Å². The summed E-state index contributed by atoms with van der Waals surface area (Å²) in [5, 5.41) is 30.5. The number of hydrogen-bond acceptors (Lipinski definition) is 14. The molecular weight excluding hydrogens is 967 g/mol. The van der Waals surface area contributed by atoms with Gasteiger partial charge in [0.1, 0.15) is 18.4 Å². The van der Waals surface area contributed by atoms with Crippen LogP contribution in [0.5, 0.6) is 5.75 Å². The van der Waals surface area contributed by atoms with Crippen LogP contribution < -0.4 is 26.0 Å². The van der Waals surface area contributed by atoms with Gasteiger partial charge in [-0.05, 0) is 88.0 Å². The Labute approximate surface area is 434 Å². The van der Waals surface area contributed by atoms with Crippen molar-refractivity contribution in [2.24, 2.45) is 5.92 Å². The molecular formula is C52H87N5O15S. The summed E-state index contributed by atoms with van der Waals surface area (Å²) in [6, 6.07) is 3.59. The molecule has 2 aliphatic rings. The Balaban J connectivity index is 0.00000901. The van der Waals surface area contributed by atoms with Gasteiger partial charge in [0.15, 0.2) is 6.10 Å². The number of aliphatic hydroxyl groups excluding tert-OH is 1. The van der Waals surface area contributed by atoms with Crippen LogP contribution in [0, 0.1) is 5.92 Å². The summed E-state index contributed by atoms with van der Waals surface area (Å²) in [7, 11) is 0.272. The number of carboxylic acid groups (broad SMARTS) is 1. The number of carboxylic acids is 1. The molecule has 5 atom stereocenters. The zero-order chi connectivity index (χ0) is 55.3. The number of amides is 6. The van der Waals surface area contributed by atoms with Gasteiger partial charge in [0.2, 0.25) is 41.7 Å². The summed E-state index contributed by atoms with van der Waals surface area (Å²) in [6.45, 7) is 19.1. The van der Waals surface area contributed by atoms with Crippen molar-refractivity contribution < 1.29 is 72.3 Å². The van der Waals surface area contributed by atoms with Crippen molar-refractivity contribution in [1.82, 2.24) is 26.2 Å². The third kappa shape index (κ3) is 22.3. The van der Waals surface area contributed by atoms with Crippen molar-refractivity contribution in [2.45, 2.75) is 193 Å². The quantitative estimate of drug-likeness (QED) is 0.0348. The van der Waals surface area contributed by atoms with Crippen LogP contribution >= 0.6 is 10.0 Å². The number of methoxy groups -OCH3 is 1. The van der Waals surface area contributed by atoms with Crippen LogP contribution in [0.2, 0.25) is 0 Å². The number of imide groups is 1. The molecule has 5 unspecified atom stereocenters. The fourth-order valence-corrected chi connectivity index (χ4v) is 9.24. The summed E-state index contributed by atoms with van der Waals surface area (Å²) in [4.78, 5) is 104. The highest BCUT2D eigenvalue weighted by Gasteiger charge is 2.45. The highest BCUT2D eigenvalue weighted by Crippen LogP contribution is 2.53. The van der Waals surface area contributed by atoms with Gasteiger partial charge in [0.05, 0.1) is 35.1 Å². The molecule has 1 aromatic carbocycles. The molecule has 1 aromatic rings. The van der Waals surface area contributed by atoms with Crippen molar-refractivity contribution in [3.8, 4) is 5.75 Å². The first-order chi connectivity index (χ1) is 34.1. The van der Waals surface area contributed by atoms with Crippen molar-refractivity contribution in [1.29, 1.82) is 0 Å². The molecule has 73 heavy (non-hydrogen) atoms. The predicted octanol–water partition coefficient (Wildman–Crippen LogP) is 4.63. The lowest BCUT2D eigenvalue weighted by molar-refractivity contribution is -0.195. The van der Waals surface area contributed by atoms with Crippen molar-refractivity contribution in [3.63, 3.8) is 0 Å². The SMILES string of the molecule is CC.COC(C)(C)COC(C)(C)CCC(=O)NCC(NC(=O)CCCCCN1C(=O)CC(S(C)(C)C(C)C)C1=O)C(=O)NCCC(=O)NCc1cc(OC2CC(O)CC(C(=O)O)O2)ccc1COC(=O)C(C)C. The largest absolute Gasteiger partial charge is 0.479 e. The minimum absolute atomic E-state index is 0.0279. The minimum Gasteiger partial charge on any atom is -0.479 e. The number of aliphatic carboxylic acids is 1. The predicted molar refractivity (Wildman–Crippen MR) is 278 cm³/mol. The maximum atomic E-state index is 13.6. The molecule has 0 aliphatic carbocycles. The second kappa shape index (κ2) is 30.5. The number of carbonyl (C=O) groups is 8. The van der Waals surface area contributed by atoms with E-state index in [9.17, 15) is 48.6 Å². The van der Waals surface area contributed by atoms with E-state index in [2.05, 4.69) is 47.6 Å². The number of carbonyl (C=O) groups excluding carboxylic acids is 7. The highest BCUT2D eigenvalue weighted by atomic mass is 32.3. The fraction of sp³-hybridized carbons (Fsp3) is 0.731. The summed E-state index contributed by atoms with van der Waals surface area (Å²) >= 11 is 0. The Morgan fingerprint density at radius 2 is 1.53 bits per heavy atom. The molecule has 2 aliphatic heterocycles. The van der Waals surface area contributed by atoms with Gasteiger partial charge < -0.3 is 55.2 Å². The molecule has 6 amide bonds. The summed E-state index contributed by atoms with van der Waals surface area (Å²) in [5.74, 6) is -4.01. The molecule has 0 radical (unpaired) electrons. The van der Waals surface area contributed by atoms with E-state index in [-0.39, 0.29) is 106 Å². The van der Waals surface area contributed by atoms with Crippen LogP contribution in [0.25, 0.3) is 0 Å². The number of rotatable bonds is 30. The fourth-order valence-electron chi connectivity index (χ4n) is 7.37. The highest BCUT2D eigenvalue weighted by molar-refractivity contribution is 8.34. The van der Waals surface area contributed by atoms with Gasteiger partial charge in [-0.3, -0.25) is 38.5 Å². The van der Waals surface area contributed by atoms with Crippen molar-refractivity contribution in [3.05, 3.63) is 29.3 Å². The minimum atomic E-state index is -1.32. The van der Waals surface area contributed by atoms with E-state index in [1.54, 1.807) is 39.2 Å². The van der Waals surface area contributed by atoms with Gasteiger partial charge in [-0.2, -0.15) is 0 Å². The van der Waals surface area contributed by atoms with E-state index >= 15 is 0 Å². The van der Waals surface area contributed by atoms with Gasteiger partial charge in [0.25, 0.3) is 0 Å². The Kier molecular flexibility index (Phi) is 26.9. The molecule has 2 heterocycles. The topological polar surface area (TPSA) is 275 Å². The standard InChI is InChI=1S/C50H81N5O15S.C2H6/c1-31(2)48(65)67-29-33-16-17-36(69-44-25-35(56)24-38(70-44)47(63)64)23-34(33)27-52-41(58)19-21-51-45(61)37(28-53-40(57)18-20-49(5,6)68-30-50(7,8)66-9)54-42(59)15-13-12-14-22-55-43(60)26-39(46(55)62)71(10,11)32(3)4;1-2/h16-17,23,31-32,35,37-39,44,56H,12-15,18-22,24-30H2,1-11H3,(H,51,61)(H,52,58)(H,53,57)(H,54,59)(H,63,64);1-2H3. The zero-order valence-corrected chi connectivity index (χ0v) is 46.5. The number of nitrogens with one attached hydrogen (secondary N) is 4. The molecule has 21 heteroatoms. The molecule has 0 spiro atoms. The summed E-state index contributed by atoms with van der Waals surface area (Å²) < 4.78 is 28.3. The van der Waals surface area contributed by atoms with Gasteiger partial charge >= 0.3 is 11.9 Å². The number of hydrogen-bond donors (Lipinski definition) is 6. The lowest BCUT2D eigenvalue weighted by Gasteiger charge is -2.40. The molecule has 0 saturated carbocycles. The first-order valence-corrected chi connectivity index (χ1v) is 28.1. The average molecular weight is 1050 g/mol. The van der Waals surface area contributed by atoms with Crippen LogP contribution in [0.3, 0.4) is 0 Å². The number of likely N-dealkylation sites (tertiary alicyclic amines) is 1. The maximum Gasteiger partial charge on any atom is 0.333 e. The monoisotopic (exact) mass is 1050 g/mol. The normalized spacial score (nSPS) is 18.9. The third-order valence-corrected chi connectivity index (χ3v) is 17.1. The van der Waals surface area contributed by atoms with Crippen LogP contribution in [-0.4, -0.2) is 155 Å². The van der Waals surface area contributed by atoms with Crippen LogP contribution in [0.1, 0.15) is 145 Å². The molecule has 2 saturated heterocycles. The molecule has 0 aromatic heterocycles. The van der Waals surface area contributed by atoms with Crippen LogP contribution in [0.15, 0.2) is 18.2 Å². The van der Waals surface area contributed by atoms with Crippen LogP contribution in [0.4, 0.5) is 0 Å². The Bertz CT molecular complexity index is 2010. The smallest absolute Gasteiger partial charge is 0.333 e. The van der Waals surface area contributed by atoms with E-state index in [4.69, 9.17) is 23.7 Å². The Hall–Kier alpha value is -4.83. The molecule has 2 fully saturated rings. The lowest BCUT2D eigenvalue weighted by Crippen LogP contribution is -2.53. The second-order valence-corrected chi connectivity index (χ2v) is 25.0. The molecule has 20 nitrogen and oxygen atoms in total. The molecule has 3 rings (SSSR count). The second-order valence-electron chi connectivity index (χ2n) is 20.5. The van der Waals surface area contributed by atoms with Crippen LogP contribution in [-0.2, 0) is 70.5 Å². The number of unbranched alkanes of at least 4 members (excludes halogenated alkanes) is 2.